The second kappa shape index (κ2) is 87.0. The van der Waals surface area contributed by atoms with Gasteiger partial charge in [0.1, 0.15) is 34.9 Å². The molecule has 6 amide bonds. The fraction of sp³-hybridized carbons (Fsp3) is 0.532. The standard InChI is InChI=1S/C17H24N4O4.C17H26N4O2.C12H16N2O2.C12H18N2.2C12H14N2.C6H6N2O.C6H13NO.C6H12O.C5H12N2O.C3H9N.CH4.3ClH/c22-14(20-11-15(23)18-10-8-16(24)25)5-1-4-13-7-6-12-3-2-9-19-17(12)21-13;1-2-10-18-16(23)12-20-15(22)7-3-6-14-9-8-13-5-4-11-19-17(13)21-14;15-11(16)5-1-4-10-7-6-9-3-2-8-13-12(9)14-10;3*1-2-3-6-11-8-7-10-5-4-9-13-12(10)14-11;7-6-5(4-9)2-1-3-8-6;1-3-5-7-6(8)4-2;1-3-4-5-6(2)7;1-2-3-7-5(8)4-6;1-2-3-4;;;;/h6-7H,1-5,8-11H2,(H,18,23)(H,19,21)(H,20,22)(H,24,25);8-9H,2-7,10-12H2,1H3,(H,18,23)(H,19,21)(H,20,22);6-7H,1-5,8H2,(H,13,14)(H,15,16);7-8H,2-6,9H2,1H3,(H,13,14);2*4-5,7-9H,2-3,6H2,1H3;1-4H,(H2,7,8);3-5H2,1-2H3,(H,7,8);3-5H2,1-2H3;2-4,6H2,1H3,(H,7,8);2-4H2,1H3;1H4;3*1H. The topological polar surface area (TPSA) is 526 Å². The highest BCUT2D eigenvalue weighted by atomic mass is 35.5. The molecule has 0 spiro atoms. The third-order valence-corrected chi connectivity index (χ3v) is 21.7. The average Bonchev–Trinajstić information content (AvgIpc) is 0.869. The number of nitrogen functional groups attached to an aromatic ring is 1. The van der Waals surface area contributed by atoms with Crippen LogP contribution in [0, 0.1) is 0 Å². The molecule has 0 aliphatic carbocycles. The number of nitrogens with zero attached hydrogens (tertiary/aromatic N) is 9. The van der Waals surface area contributed by atoms with Crippen molar-refractivity contribution in [1.82, 2.24) is 76.8 Å². The van der Waals surface area contributed by atoms with Crippen molar-refractivity contribution < 1.29 is 58.2 Å². The van der Waals surface area contributed by atoms with Crippen LogP contribution in [0.3, 0.4) is 0 Å². The van der Waals surface area contributed by atoms with E-state index >= 15 is 0 Å². The third-order valence-electron chi connectivity index (χ3n) is 21.7. The Morgan fingerprint density at radius 2 is 0.678 bits per heavy atom. The zero-order valence-electron chi connectivity index (χ0n) is 87.4. The molecule has 0 atom stereocenters. The van der Waals surface area contributed by atoms with E-state index in [1.165, 1.54) is 79.3 Å². The molecule has 37 heteroatoms. The van der Waals surface area contributed by atoms with Gasteiger partial charge in [-0.1, -0.05) is 120 Å². The Labute approximate surface area is 885 Å². The number of aromatic nitrogens is 9. The Morgan fingerprint density at radius 3 is 0.986 bits per heavy atom. The van der Waals surface area contributed by atoms with Crippen LogP contribution in [0.25, 0.3) is 22.1 Å². The highest BCUT2D eigenvalue weighted by Gasteiger charge is 2.17. The number of nitrogens with one attached hydrogen (secondary N) is 10. The maximum atomic E-state index is 11.7. The van der Waals surface area contributed by atoms with Gasteiger partial charge in [-0.15, -0.1) is 37.2 Å². The van der Waals surface area contributed by atoms with E-state index in [0.717, 1.165) is 242 Å². The molecule has 9 aromatic heterocycles. The molecule has 0 radical (unpaired) electrons. The third kappa shape index (κ3) is 63.9. The molecule has 0 aromatic carbocycles. The van der Waals surface area contributed by atoms with Gasteiger partial charge in [0.05, 0.1) is 31.6 Å². The first-order valence-corrected chi connectivity index (χ1v) is 51.2. The van der Waals surface area contributed by atoms with E-state index in [1.54, 1.807) is 37.6 Å². The van der Waals surface area contributed by atoms with Gasteiger partial charge in [0.15, 0.2) is 17.6 Å². The SMILES string of the molecule is C.CCCCC(C)=O.CCCCc1ccc2c(n1)NCCC2.CCCCc1ccc2cccnc2n1.CCCCc1ccc2cccnc2n1.CCCN.CCCNC(=O)CC.CCCNC(=O)CN.CCCNC(=O)CNC(=O)CCCc1ccc2c(n1)NCCC2.Cl.Cl.Cl.Nc1ncccc1C=O.O=C(O)CCCc1ccc2c(n1)NCCC2.O=C(O)CCNC(=O)CNC(=O)CCCc1ccc2c(n1)NCCC2. The van der Waals surface area contributed by atoms with E-state index < -0.39 is 17.8 Å². The molecule has 0 bridgehead atoms. The van der Waals surface area contributed by atoms with Crippen LogP contribution in [0.2, 0.25) is 0 Å². The summed E-state index contributed by atoms with van der Waals surface area (Å²) in [7, 11) is 0. The maximum absolute atomic E-state index is 11.7. The van der Waals surface area contributed by atoms with Crippen LogP contribution in [0.5, 0.6) is 0 Å². The number of carboxylic acids is 2. The summed E-state index contributed by atoms with van der Waals surface area (Å²) in [5.41, 5.74) is 29.1. The molecule has 13 rings (SSSR count). The first-order valence-electron chi connectivity index (χ1n) is 51.2. The Kier molecular flexibility index (Phi) is 80.9. The lowest BCUT2D eigenvalue weighted by Crippen LogP contribution is -2.37. The highest BCUT2D eigenvalue weighted by Crippen LogP contribution is 2.25. The van der Waals surface area contributed by atoms with E-state index in [9.17, 15) is 47.9 Å². The van der Waals surface area contributed by atoms with Gasteiger partial charge in [0.2, 0.25) is 35.4 Å². The first kappa shape index (κ1) is 136. The van der Waals surface area contributed by atoms with Crippen LogP contribution in [0.15, 0.2) is 128 Å². The predicted molar refractivity (Wildman–Crippen MR) is 598 cm³/mol. The van der Waals surface area contributed by atoms with Gasteiger partial charge >= 0.3 is 11.9 Å². The molecule has 13 heterocycles. The second-order valence-electron chi connectivity index (χ2n) is 34.2. The number of amides is 6. The summed E-state index contributed by atoms with van der Waals surface area (Å²) in [4.78, 5) is 148. The minimum absolute atomic E-state index is 0. The number of pyridine rings is 9. The van der Waals surface area contributed by atoms with Crippen molar-refractivity contribution in [3.63, 3.8) is 0 Å². The number of nitrogens with two attached hydrogens (primary N) is 3. The van der Waals surface area contributed by atoms with E-state index in [2.05, 4.69) is 187 Å². The van der Waals surface area contributed by atoms with Crippen LogP contribution in [-0.4, -0.2) is 193 Å². The van der Waals surface area contributed by atoms with Gasteiger partial charge in [-0.3, -0.25) is 43.2 Å². The zero-order chi connectivity index (χ0) is 104. The molecular formula is C109H171Cl3N22O12. The van der Waals surface area contributed by atoms with Crippen molar-refractivity contribution >= 4 is 148 Å². The Balaban J connectivity index is 0. The van der Waals surface area contributed by atoms with Crippen LogP contribution >= 0.6 is 37.2 Å². The van der Waals surface area contributed by atoms with Gasteiger partial charge in [-0.25, -0.2) is 44.9 Å². The van der Waals surface area contributed by atoms with Crippen LogP contribution < -0.4 is 70.4 Å². The molecule has 4 aliphatic rings. The number of fused-ring (bicyclic) bond motifs is 6. The quantitative estimate of drug-likeness (QED) is 0.0158. The van der Waals surface area contributed by atoms with E-state index in [1.807, 2.05) is 70.2 Å². The number of ketones is 1. The molecule has 0 unspecified atom stereocenters. The van der Waals surface area contributed by atoms with Crippen LogP contribution in [-0.2, 0) is 107 Å². The molecular weight excluding hydrogens is 1920 g/mol. The van der Waals surface area contributed by atoms with Crippen molar-refractivity contribution in [2.24, 2.45) is 11.5 Å². The van der Waals surface area contributed by atoms with Crippen LogP contribution in [0.1, 0.15) is 304 Å². The number of carbonyl (C=O) groups is 10. The smallest absolute Gasteiger partial charge is 0.305 e. The fourth-order valence-corrected chi connectivity index (χ4v) is 13.6. The number of hydrogen-bond donors (Lipinski definition) is 15. The Bertz CT molecular complexity index is 5040. The van der Waals surface area contributed by atoms with Gasteiger partial charge in [0.25, 0.3) is 0 Å². The van der Waals surface area contributed by atoms with Gasteiger partial charge < -0.3 is 85.4 Å². The summed E-state index contributed by atoms with van der Waals surface area (Å²) < 4.78 is 0. The molecule has 18 N–H and O–H groups in total. The highest BCUT2D eigenvalue weighted by molar-refractivity contribution is 5.87. The van der Waals surface area contributed by atoms with E-state index in [0.29, 0.717) is 62.7 Å². The lowest BCUT2D eigenvalue weighted by atomic mass is 10.1. The summed E-state index contributed by atoms with van der Waals surface area (Å²) in [6, 6.07) is 36.4. The number of anilines is 5. The van der Waals surface area contributed by atoms with Gasteiger partial charge in [0, 0.05) is 148 Å². The largest absolute Gasteiger partial charge is 0.481 e. The molecule has 4 aliphatic heterocycles. The lowest BCUT2D eigenvalue weighted by molar-refractivity contribution is -0.138. The van der Waals surface area contributed by atoms with E-state index in [4.69, 9.17) is 27.4 Å². The number of Topliss-reactive ketones (excluding diaryl/α,β-unsaturated/α-hetero) is 1. The number of unbranched alkanes of at least 4 members (excludes halogenated alkanes) is 4. The summed E-state index contributed by atoms with van der Waals surface area (Å²) in [5, 5.41) is 48.2. The number of aryl methyl sites for hydroxylation is 10. The molecule has 0 saturated heterocycles. The van der Waals surface area contributed by atoms with Gasteiger partial charge in [-0.2, -0.15) is 0 Å². The van der Waals surface area contributed by atoms with Crippen LogP contribution in [0.4, 0.5) is 29.1 Å². The summed E-state index contributed by atoms with van der Waals surface area (Å²) >= 11 is 0. The molecule has 34 nitrogen and oxygen atoms in total. The fourth-order valence-electron chi connectivity index (χ4n) is 13.6. The molecule has 9 aromatic rings. The number of halogens is 3. The Hall–Kier alpha value is -12.2. The molecule has 0 fully saturated rings. The second-order valence-corrected chi connectivity index (χ2v) is 34.2. The number of rotatable bonds is 41. The number of aliphatic carboxylic acids is 2. The monoisotopic (exact) mass is 2090 g/mol. The van der Waals surface area contributed by atoms with Crippen molar-refractivity contribution in [1.29, 1.82) is 0 Å². The minimum atomic E-state index is -0.977. The summed E-state index contributed by atoms with van der Waals surface area (Å²) in [6.07, 6.45) is 38.0. The van der Waals surface area contributed by atoms with E-state index in [-0.39, 0.29) is 119 Å². The predicted octanol–water partition coefficient (Wildman–Crippen LogP) is 17.3. The van der Waals surface area contributed by atoms with Crippen molar-refractivity contribution in [3.8, 4) is 0 Å². The lowest BCUT2D eigenvalue weighted by Gasteiger charge is -2.17. The zero-order valence-corrected chi connectivity index (χ0v) is 89.8. The Morgan fingerprint density at radius 1 is 0.356 bits per heavy atom. The maximum Gasteiger partial charge on any atom is 0.305 e. The molecule has 0 saturated carbocycles. The summed E-state index contributed by atoms with van der Waals surface area (Å²) in [6.45, 7) is 27.3. The summed E-state index contributed by atoms with van der Waals surface area (Å²) in [5.74, 6) is 2.18. The van der Waals surface area contributed by atoms with Crippen molar-refractivity contribution in [2.75, 3.05) is 106 Å². The molecule has 810 valence electrons. The van der Waals surface area contributed by atoms with Crippen molar-refractivity contribution in [2.45, 2.75) is 301 Å². The number of carboxylic acid groups (broad SMARTS) is 2. The first-order chi connectivity index (χ1) is 68.8. The number of hydrogen-bond acceptors (Lipinski definition) is 26. The molecule has 146 heavy (non-hydrogen) atoms. The minimum Gasteiger partial charge on any atom is -0.481 e. The average molecular weight is 2090 g/mol. The normalized spacial score (nSPS) is 11.3. The number of aldehydes is 1. The number of carbonyl (C=O) groups excluding carboxylic acids is 8. The van der Waals surface area contributed by atoms with Gasteiger partial charge in [-0.05, 0) is 281 Å². The van der Waals surface area contributed by atoms with Crippen molar-refractivity contribution in [3.05, 3.63) is 190 Å².